The average Bonchev–Trinajstić information content (AvgIpc) is 3.53. The zero-order chi connectivity index (χ0) is 19.5. The lowest BCUT2D eigenvalue weighted by Crippen LogP contribution is -2.33. The number of rotatable bonds is 8. The molecule has 1 aliphatic rings. The van der Waals surface area contributed by atoms with Crippen molar-refractivity contribution >= 4 is 11.3 Å². The van der Waals surface area contributed by atoms with Crippen molar-refractivity contribution in [1.82, 2.24) is 20.2 Å². The lowest BCUT2D eigenvalue weighted by molar-refractivity contribution is -0.129. The van der Waals surface area contributed by atoms with E-state index in [0.29, 0.717) is 25.3 Å². The molecule has 5 rings (SSSR count). The highest BCUT2D eigenvalue weighted by Gasteiger charge is 2.36. The van der Waals surface area contributed by atoms with E-state index in [1.165, 1.54) is 10.5 Å². The smallest absolute Gasteiger partial charge is 0.195 e. The van der Waals surface area contributed by atoms with E-state index in [2.05, 4.69) is 32.7 Å². The van der Waals surface area contributed by atoms with Gasteiger partial charge >= 0.3 is 0 Å². The fraction of sp³-hybridized carbons (Fsp3) is 0.238. The number of hydroxylamine groups is 2. The molecule has 0 saturated carbocycles. The van der Waals surface area contributed by atoms with Gasteiger partial charge in [-0.2, -0.15) is 5.10 Å². The van der Waals surface area contributed by atoms with Crippen LogP contribution in [0.25, 0.3) is 0 Å². The van der Waals surface area contributed by atoms with E-state index >= 15 is 0 Å². The third-order valence-electron chi connectivity index (χ3n) is 4.93. The molecule has 0 saturated heterocycles. The Labute approximate surface area is 171 Å². The average molecular weight is 408 g/mol. The van der Waals surface area contributed by atoms with E-state index in [4.69, 9.17) is 13.7 Å². The van der Waals surface area contributed by atoms with Gasteiger partial charge in [-0.15, -0.1) is 16.4 Å². The first-order valence-corrected chi connectivity index (χ1v) is 10.3. The van der Waals surface area contributed by atoms with E-state index < -0.39 is 0 Å². The molecule has 0 amide bonds. The second kappa shape index (κ2) is 8.10. The molecule has 148 valence electrons. The molecule has 29 heavy (non-hydrogen) atoms. The topological polar surface area (TPSA) is 80.3 Å². The molecule has 1 N–H and O–H groups in total. The van der Waals surface area contributed by atoms with Crippen molar-refractivity contribution in [2.75, 3.05) is 0 Å². The fourth-order valence-corrected chi connectivity index (χ4v) is 4.31. The molecule has 0 spiro atoms. The Kier molecular flexibility index (Phi) is 5.02. The maximum absolute atomic E-state index is 6.37. The first-order chi connectivity index (χ1) is 14.3. The van der Waals surface area contributed by atoms with Crippen LogP contribution in [0.1, 0.15) is 22.2 Å². The highest BCUT2D eigenvalue weighted by Crippen LogP contribution is 2.34. The molecule has 0 fully saturated rings. The molecule has 1 unspecified atom stereocenters. The van der Waals surface area contributed by atoms with Crippen molar-refractivity contribution < 1.29 is 13.7 Å². The summed E-state index contributed by atoms with van der Waals surface area (Å²) in [6, 6.07) is 10.1. The minimum atomic E-state index is 0.00372. The Bertz CT molecular complexity index is 1040. The number of thiophene rings is 1. The van der Waals surface area contributed by atoms with Gasteiger partial charge < -0.3 is 13.7 Å². The molecule has 8 heteroatoms. The van der Waals surface area contributed by atoms with Gasteiger partial charge in [0.05, 0.1) is 37.2 Å². The summed E-state index contributed by atoms with van der Waals surface area (Å²) in [6.07, 6.45) is 8.78. The van der Waals surface area contributed by atoms with Crippen LogP contribution in [0.4, 0.5) is 0 Å². The second-order valence-electron chi connectivity index (χ2n) is 6.85. The van der Waals surface area contributed by atoms with Gasteiger partial charge in [0.1, 0.15) is 17.8 Å². The first kappa shape index (κ1) is 18.0. The van der Waals surface area contributed by atoms with Gasteiger partial charge in [-0.05, 0) is 35.2 Å². The van der Waals surface area contributed by atoms with Crippen LogP contribution in [0.5, 0.6) is 0 Å². The molecule has 1 aliphatic heterocycles. The van der Waals surface area contributed by atoms with Gasteiger partial charge in [-0.25, -0.2) is 4.98 Å². The van der Waals surface area contributed by atoms with Crippen LogP contribution in [0.15, 0.2) is 80.8 Å². The summed E-state index contributed by atoms with van der Waals surface area (Å²) in [7, 11) is 0. The number of aromatic amines is 1. The Balaban J connectivity index is 1.48. The Morgan fingerprint density at radius 3 is 2.79 bits per heavy atom. The van der Waals surface area contributed by atoms with Crippen molar-refractivity contribution in [3.05, 3.63) is 94.2 Å². The highest BCUT2D eigenvalue weighted by molar-refractivity contribution is 7.09. The largest absolute Gasteiger partial charge is 0.469 e. The minimum absolute atomic E-state index is 0.00372. The molecular formula is C21H20N4O3S. The van der Waals surface area contributed by atoms with Crippen LogP contribution >= 0.6 is 11.3 Å². The highest BCUT2D eigenvalue weighted by atomic mass is 32.1. The van der Waals surface area contributed by atoms with Gasteiger partial charge in [0.2, 0.25) is 0 Å². The van der Waals surface area contributed by atoms with Gasteiger partial charge in [-0.3, -0.25) is 5.10 Å². The maximum Gasteiger partial charge on any atom is 0.195 e. The van der Waals surface area contributed by atoms with E-state index in [-0.39, 0.29) is 6.04 Å². The van der Waals surface area contributed by atoms with Crippen molar-refractivity contribution in [3.63, 3.8) is 0 Å². The maximum atomic E-state index is 6.37. The number of aromatic nitrogens is 3. The van der Waals surface area contributed by atoms with Gasteiger partial charge in [0, 0.05) is 23.9 Å². The Hall–Kier alpha value is -3.10. The molecule has 0 radical (unpaired) electrons. The van der Waals surface area contributed by atoms with Crippen molar-refractivity contribution in [3.8, 4) is 0 Å². The zero-order valence-electron chi connectivity index (χ0n) is 15.7. The van der Waals surface area contributed by atoms with Crippen LogP contribution in [0.3, 0.4) is 0 Å². The quantitative estimate of drug-likeness (QED) is 0.472. The monoisotopic (exact) mass is 408 g/mol. The number of H-pyrrole nitrogens is 1. The first-order valence-electron chi connectivity index (χ1n) is 9.43. The summed E-state index contributed by atoms with van der Waals surface area (Å²) in [5, 5.41) is 11.2. The van der Waals surface area contributed by atoms with Gasteiger partial charge in [0.15, 0.2) is 5.89 Å². The number of oxazole rings is 1. The van der Waals surface area contributed by atoms with Crippen molar-refractivity contribution in [2.45, 2.75) is 31.8 Å². The third kappa shape index (κ3) is 4.03. The lowest BCUT2D eigenvalue weighted by Gasteiger charge is -2.23. The minimum Gasteiger partial charge on any atom is -0.469 e. The van der Waals surface area contributed by atoms with E-state index in [1.54, 1.807) is 36.3 Å². The molecule has 0 bridgehead atoms. The molecular weight excluding hydrogens is 388 g/mol. The summed E-state index contributed by atoms with van der Waals surface area (Å²) >= 11 is 1.75. The normalized spacial score (nSPS) is 17.2. The second-order valence-corrected chi connectivity index (χ2v) is 7.89. The number of hydrogen-bond donors (Lipinski definition) is 1. The van der Waals surface area contributed by atoms with E-state index in [0.717, 1.165) is 23.6 Å². The fourth-order valence-electron chi connectivity index (χ4n) is 3.59. The lowest BCUT2D eigenvalue weighted by atomic mass is 9.97. The summed E-state index contributed by atoms with van der Waals surface area (Å²) in [5.41, 5.74) is 2.21. The molecule has 0 aliphatic carbocycles. The number of allylic oxidation sites excluding steroid dienone is 1. The van der Waals surface area contributed by atoms with E-state index in [9.17, 15) is 0 Å². The molecule has 4 aromatic heterocycles. The molecule has 4 aromatic rings. The van der Waals surface area contributed by atoms with E-state index in [1.807, 2.05) is 23.3 Å². The predicted molar refractivity (Wildman–Crippen MR) is 107 cm³/mol. The molecule has 7 nitrogen and oxygen atoms in total. The Morgan fingerprint density at radius 2 is 2.07 bits per heavy atom. The predicted octanol–water partition coefficient (Wildman–Crippen LogP) is 4.15. The summed E-state index contributed by atoms with van der Waals surface area (Å²) in [5.74, 6) is 2.49. The van der Waals surface area contributed by atoms with Gasteiger partial charge in [0.25, 0.3) is 0 Å². The standard InChI is InChI=1S/C21H20N4O3S/c1-3-16(26-8-1)11-20-18(12-17-4-2-10-29-17)19(13-21-22-7-9-27-21)25(28-20)14-15-5-6-23-24-15/h1-10,19H,11-14H2,(H,23,24). The third-order valence-corrected chi connectivity index (χ3v) is 5.81. The van der Waals surface area contributed by atoms with Gasteiger partial charge in [-0.1, -0.05) is 6.07 Å². The number of nitrogens with zero attached hydrogens (tertiary/aromatic N) is 3. The number of nitrogens with one attached hydrogen (secondary N) is 1. The zero-order valence-corrected chi connectivity index (χ0v) is 16.5. The van der Waals surface area contributed by atoms with Crippen molar-refractivity contribution in [2.24, 2.45) is 0 Å². The SMILES string of the molecule is c1coc(CC2=C(Cc3cccs3)C(Cc3ncco3)N(Cc3ccn[nH]3)O2)c1. The number of furan rings is 1. The van der Waals surface area contributed by atoms with Crippen molar-refractivity contribution in [1.29, 1.82) is 0 Å². The van der Waals surface area contributed by atoms with Crippen LogP contribution in [-0.2, 0) is 30.6 Å². The Morgan fingerprint density at radius 1 is 1.07 bits per heavy atom. The molecule has 0 aromatic carbocycles. The number of hydrogen-bond acceptors (Lipinski definition) is 7. The molecule has 5 heterocycles. The van der Waals surface area contributed by atoms with Crippen LogP contribution in [-0.4, -0.2) is 26.3 Å². The summed E-state index contributed by atoms with van der Waals surface area (Å²) in [6.45, 7) is 0.584. The van der Waals surface area contributed by atoms with Crippen LogP contribution < -0.4 is 0 Å². The van der Waals surface area contributed by atoms with Crippen LogP contribution in [0.2, 0.25) is 0 Å². The molecule has 1 atom stereocenters. The summed E-state index contributed by atoms with van der Waals surface area (Å²) in [4.78, 5) is 12.0. The van der Waals surface area contributed by atoms with Crippen LogP contribution in [0, 0.1) is 0 Å². The summed E-state index contributed by atoms with van der Waals surface area (Å²) < 4.78 is 11.1.